The van der Waals surface area contributed by atoms with Gasteiger partial charge < -0.3 is 19.7 Å². The summed E-state index contributed by atoms with van der Waals surface area (Å²) in [5.74, 6) is -1.36. The molecule has 0 heterocycles. The predicted molar refractivity (Wildman–Crippen MR) is 92.2 cm³/mol. The number of ketones is 2. The minimum absolute atomic E-state index is 0.0376. The van der Waals surface area contributed by atoms with Crippen LogP contribution >= 0.6 is 0 Å². The van der Waals surface area contributed by atoms with Gasteiger partial charge in [-0.3, -0.25) is 9.59 Å². The Balaban J connectivity index is 2.02. The van der Waals surface area contributed by atoms with Crippen LogP contribution < -0.4 is 4.74 Å². The second-order valence-corrected chi connectivity index (χ2v) is 6.62. The number of alkyl halides is 1. The normalized spacial score (nSPS) is 23.5. The molecule has 27 heavy (non-hydrogen) atoms. The van der Waals surface area contributed by atoms with Gasteiger partial charge >= 0.3 is 0 Å². The number of carbonyl (C=O) groups is 2. The highest BCUT2D eigenvalue weighted by atomic mass is 19.1. The third-order valence-corrected chi connectivity index (χ3v) is 5.26. The van der Waals surface area contributed by atoms with E-state index >= 15 is 0 Å². The molecule has 0 bridgehead atoms. The number of phenolic OH excluding ortho intramolecular Hbond substituents is 1. The lowest BCUT2D eigenvalue weighted by Gasteiger charge is -2.33. The number of fused-ring (bicyclic) bond motifs is 3. The van der Waals surface area contributed by atoms with Gasteiger partial charge in [-0.25, -0.2) is 4.39 Å². The van der Waals surface area contributed by atoms with Crippen LogP contribution in [0.5, 0.6) is 11.5 Å². The van der Waals surface area contributed by atoms with Crippen molar-refractivity contribution in [2.45, 2.75) is 24.8 Å². The molecule has 0 radical (unpaired) electrons. The molecule has 2 aromatic carbocycles. The van der Waals surface area contributed by atoms with Crippen molar-refractivity contribution in [1.82, 2.24) is 0 Å². The summed E-state index contributed by atoms with van der Waals surface area (Å²) in [4.78, 5) is 26.1. The fourth-order valence-electron chi connectivity index (χ4n) is 3.95. The zero-order valence-electron chi connectivity index (χ0n) is 14.7. The SMILES string of the molecule is COc1cccc2c1C(=O)c1c(cc3c(c1O)[C@@H](OC)C[C@H](O)[C@H]3F)C2=O. The molecule has 0 saturated carbocycles. The Morgan fingerprint density at radius 3 is 2.52 bits per heavy atom. The molecule has 2 N–H and O–H groups in total. The van der Waals surface area contributed by atoms with Gasteiger partial charge in [-0.15, -0.1) is 0 Å². The minimum Gasteiger partial charge on any atom is -0.507 e. The number of hydrogen-bond acceptors (Lipinski definition) is 6. The minimum atomic E-state index is -1.79. The summed E-state index contributed by atoms with van der Waals surface area (Å²) in [6.07, 6.45) is -3.99. The number of rotatable bonds is 2. The Kier molecular flexibility index (Phi) is 4.01. The smallest absolute Gasteiger partial charge is 0.201 e. The van der Waals surface area contributed by atoms with Crippen molar-refractivity contribution in [2.75, 3.05) is 14.2 Å². The molecule has 2 aliphatic carbocycles. The van der Waals surface area contributed by atoms with Crippen molar-refractivity contribution >= 4 is 11.6 Å². The topological polar surface area (TPSA) is 93.1 Å². The highest BCUT2D eigenvalue weighted by Gasteiger charge is 2.42. The average Bonchev–Trinajstić information content (AvgIpc) is 2.67. The molecule has 0 saturated heterocycles. The first-order valence-electron chi connectivity index (χ1n) is 8.41. The molecule has 6 nitrogen and oxygen atoms in total. The van der Waals surface area contributed by atoms with Gasteiger partial charge in [0.1, 0.15) is 11.5 Å². The molecular formula is C20H17FO6. The summed E-state index contributed by atoms with van der Waals surface area (Å²) in [5, 5.41) is 20.8. The second-order valence-electron chi connectivity index (χ2n) is 6.62. The van der Waals surface area contributed by atoms with E-state index in [1.54, 1.807) is 12.1 Å². The third-order valence-electron chi connectivity index (χ3n) is 5.26. The molecule has 2 aliphatic rings. The maximum absolute atomic E-state index is 14.6. The number of methoxy groups -OCH3 is 2. The fraction of sp³-hybridized carbons (Fsp3) is 0.300. The summed E-state index contributed by atoms with van der Waals surface area (Å²) >= 11 is 0. The van der Waals surface area contributed by atoms with Crippen LogP contribution in [0.15, 0.2) is 24.3 Å². The lowest BCUT2D eigenvalue weighted by Crippen LogP contribution is -2.29. The zero-order chi connectivity index (χ0) is 19.5. The Morgan fingerprint density at radius 1 is 1.11 bits per heavy atom. The van der Waals surface area contributed by atoms with Crippen LogP contribution in [0.4, 0.5) is 4.39 Å². The number of hydrogen-bond donors (Lipinski definition) is 2. The first-order chi connectivity index (χ1) is 12.9. The highest BCUT2D eigenvalue weighted by molar-refractivity contribution is 6.30. The van der Waals surface area contributed by atoms with E-state index in [1.165, 1.54) is 26.4 Å². The van der Waals surface area contributed by atoms with Gasteiger partial charge in [-0.1, -0.05) is 12.1 Å². The monoisotopic (exact) mass is 372 g/mol. The first kappa shape index (κ1) is 17.6. The number of aliphatic hydroxyl groups excluding tert-OH is 1. The summed E-state index contributed by atoms with van der Waals surface area (Å²) in [6.45, 7) is 0. The number of carbonyl (C=O) groups excluding carboxylic acids is 2. The molecule has 0 fully saturated rings. The van der Waals surface area contributed by atoms with Gasteiger partial charge in [0.2, 0.25) is 5.78 Å². The Bertz CT molecular complexity index is 983. The van der Waals surface area contributed by atoms with E-state index in [9.17, 15) is 24.2 Å². The molecule has 0 unspecified atom stereocenters. The predicted octanol–water partition coefficient (Wildman–Crippen LogP) is 2.64. The van der Waals surface area contributed by atoms with Crippen LogP contribution in [0, 0.1) is 0 Å². The number of benzene rings is 2. The van der Waals surface area contributed by atoms with Crippen LogP contribution in [0.3, 0.4) is 0 Å². The largest absolute Gasteiger partial charge is 0.507 e. The molecule has 3 atom stereocenters. The Labute approximate surface area is 154 Å². The van der Waals surface area contributed by atoms with Crippen molar-refractivity contribution in [3.05, 3.63) is 57.6 Å². The maximum atomic E-state index is 14.6. The van der Waals surface area contributed by atoms with E-state index in [2.05, 4.69) is 0 Å². The van der Waals surface area contributed by atoms with Gasteiger partial charge in [-0.2, -0.15) is 0 Å². The van der Waals surface area contributed by atoms with Crippen LogP contribution in [-0.4, -0.2) is 42.1 Å². The molecule has 0 spiro atoms. The van der Waals surface area contributed by atoms with Crippen molar-refractivity contribution < 1.29 is 33.7 Å². The Hall–Kier alpha value is -2.77. The van der Waals surface area contributed by atoms with E-state index in [0.717, 1.165) is 0 Å². The number of aliphatic hydroxyl groups is 1. The van der Waals surface area contributed by atoms with E-state index in [-0.39, 0.29) is 45.6 Å². The lowest BCUT2D eigenvalue weighted by molar-refractivity contribution is -0.00973. The summed E-state index contributed by atoms with van der Waals surface area (Å²) in [6, 6.07) is 5.86. The number of halogens is 1. The van der Waals surface area contributed by atoms with Crippen LogP contribution in [0.25, 0.3) is 0 Å². The van der Waals surface area contributed by atoms with Crippen molar-refractivity contribution in [1.29, 1.82) is 0 Å². The summed E-state index contributed by atoms with van der Waals surface area (Å²) in [7, 11) is 2.75. The number of ether oxygens (including phenoxy) is 2. The van der Waals surface area contributed by atoms with E-state index in [1.807, 2.05) is 0 Å². The lowest BCUT2D eigenvalue weighted by atomic mass is 9.76. The zero-order valence-corrected chi connectivity index (χ0v) is 14.7. The van der Waals surface area contributed by atoms with Crippen LogP contribution in [-0.2, 0) is 4.74 Å². The fourth-order valence-corrected chi connectivity index (χ4v) is 3.95. The average molecular weight is 372 g/mol. The van der Waals surface area contributed by atoms with Gasteiger partial charge in [0.05, 0.1) is 30.4 Å². The summed E-state index contributed by atoms with van der Waals surface area (Å²) in [5.41, 5.74) is -0.0430. The van der Waals surface area contributed by atoms with Gasteiger partial charge in [0.25, 0.3) is 0 Å². The van der Waals surface area contributed by atoms with Crippen molar-refractivity contribution in [3.63, 3.8) is 0 Å². The van der Waals surface area contributed by atoms with Crippen molar-refractivity contribution in [2.24, 2.45) is 0 Å². The van der Waals surface area contributed by atoms with E-state index in [0.29, 0.717) is 0 Å². The molecule has 140 valence electrons. The first-order valence-corrected chi connectivity index (χ1v) is 8.41. The quantitative estimate of drug-likeness (QED) is 0.718. The molecule has 0 aliphatic heterocycles. The second kappa shape index (κ2) is 6.14. The molecule has 4 rings (SSSR count). The molecule has 2 aromatic rings. The molecule has 0 amide bonds. The summed E-state index contributed by atoms with van der Waals surface area (Å²) < 4.78 is 25.1. The van der Waals surface area contributed by atoms with Gasteiger partial charge in [0.15, 0.2) is 12.0 Å². The van der Waals surface area contributed by atoms with E-state index in [4.69, 9.17) is 9.47 Å². The third kappa shape index (κ3) is 2.32. The molecule has 0 aromatic heterocycles. The van der Waals surface area contributed by atoms with Gasteiger partial charge in [0, 0.05) is 30.2 Å². The number of phenols is 1. The van der Waals surface area contributed by atoms with Gasteiger partial charge in [-0.05, 0) is 17.7 Å². The standard InChI is InChI=1S/C20H17FO6/c1-26-12-5-3-4-8-14(12)19(24)16-10(18(8)23)6-9-15(20(16)25)13(27-2)7-11(22)17(9)21/h3-6,11,13,17,22,25H,7H2,1-2H3/t11-,13-,17-/m0/s1. The number of aromatic hydroxyl groups is 1. The highest BCUT2D eigenvalue weighted by Crippen LogP contribution is 2.48. The van der Waals surface area contributed by atoms with Crippen LogP contribution in [0.2, 0.25) is 0 Å². The van der Waals surface area contributed by atoms with E-state index < -0.39 is 35.7 Å². The molecule has 7 heteroatoms. The maximum Gasteiger partial charge on any atom is 0.201 e. The molecular weight excluding hydrogens is 355 g/mol. The Morgan fingerprint density at radius 2 is 1.85 bits per heavy atom. The van der Waals surface area contributed by atoms with Crippen molar-refractivity contribution in [3.8, 4) is 11.5 Å². The van der Waals surface area contributed by atoms with Crippen LogP contribution in [0.1, 0.15) is 61.7 Å².